The number of aromatic nitrogens is 4. The highest BCUT2D eigenvalue weighted by atomic mass is 16.5. The summed E-state index contributed by atoms with van der Waals surface area (Å²) in [5.74, 6) is 0.423. The van der Waals surface area contributed by atoms with Crippen LogP contribution in [0, 0.1) is 5.41 Å². The third-order valence-electron chi connectivity index (χ3n) is 7.21. The Bertz CT molecular complexity index is 1020. The van der Waals surface area contributed by atoms with Crippen LogP contribution >= 0.6 is 0 Å². The van der Waals surface area contributed by atoms with Gasteiger partial charge in [-0.25, -0.2) is 9.79 Å². The largest absolute Gasteiger partial charge is 0.456 e. The van der Waals surface area contributed by atoms with Gasteiger partial charge in [-0.2, -0.15) is 4.68 Å². The van der Waals surface area contributed by atoms with Crippen molar-refractivity contribution >= 4 is 24.4 Å². The average molecular weight is 454 g/mol. The lowest BCUT2D eigenvalue weighted by atomic mass is 9.71. The first-order valence-electron chi connectivity index (χ1n) is 11.3. The van der Waals surface area contributed by atoms with Gasteiger partial charge >= 0.3 is 5.97 Å². The van der Waals surface area contributed by atoms with Crippen LogP contribution in [0.1, 0.15) is 46.0 Å². The number of esters is 1. The van der Waals surface area contributed by atoms with Crippen LogP contribution in [0.25, 0.3) is 5.82 Å². The molecule has 3 heterocycles. The Morgan fingerprint density at radius 2 is 2.09 bits per heavy atom. The molecule has 3 aliphatic rings. The number of ether oxygens (including phenoxy) is 1. The molecule has 1 saturated carbocycles. The Labute approximate surface area is 193 Å². The highest BCUT2D eigenvalue weighted by Gasteiger charge is 2.50. The van der Waals surface area contributed by atoms with Gasteiger partial charge in [0.15, 0.2) is 5.82 Å². The van der Waals surface area contributed by atoms with Crippen LogP contribution in [0.2, 0.25) is 0 Å². The zero-order valence-electron chi connectivity index (χ0n) is 19.5. The molecule has 1 amide bonds. The van der Waals surface area contributed by atoms with Crippen molar-refractivity contribution in [1.29, 1.82) is 0 Å². The van der Waals surface area contributed by atoms with Gasteiger partial charge in [0.25, 0.3) is 0 Å². The van der Waals surface area contributed by atoms with Crippen LogP contribution in [0.5, 0.6) is 0 Å². The summed E-state index contributed by atoms with van der Waals surface area (Å²) in [6, 6.07) is 0.429. The van der Waals surface area contributed by atoms with Crippen molar-refractivity contribution in [3.05, 3.63) is 35.3 Å². The van der Waals surface area contributed by atoms with Crippen LogP contribution in [0.3, 0.4) is 0 Å². The van der Waals surface area contributed by atoms with Gasteiger partial charge in [-0.1, -0.05) is 11.6 Å². The number of nitrogens with zero attached hydrogens (tertiary/aromatic N) is 7. The van der Waals surface area contributed by atoms with Crippen molar-refractivity contribution in [3.63, 3.8) is 0 Å². The van der Waals surface area contributed by atoms with Crippen molar-refractivity contribution in [2.45, 2.75) is 52.0 Å². The summed E-state index contributed by atoms with van der Waals surface area (Å²) in [6.07, 6.45) is 9.91. The Hall–Kier alpha value is -3.14. The first-order valence-corrected chi connectivity index (χ1v) is 11.3. The minimum Gasteiger partial charge on any atom is -0.456 e. The molecular weight excluding hydrogens is 422 g/mol. The summed E-state index contributed by atoms with van der Waals surface area (Å²) in [5, 5.41) is 11.1. The van der Waals surface area contributed by atoms with Crippen LogP contribution in [-0.4, -0.2) is 81.4 Å². The van der Waals surface area contributed by atoms with Crippen molar-refractivity contribution < 1.29 is 14.3 Å². The molecule has 1 aromatic heterocycles. The van der Waals surface area contributed by atoms with E-state index in [1.165, 1.54) is 16.6 Å². The number of cyclic esters (lactones) is 1. The summed E-state index contributed by atoms with van der Waals surface area (Å²) in [6.45, 7) is 9.12. The molecular formula is C23H31N7O3. The molecule has 0 atom stereocenters. The molecule has 0 N–H and O–H groups in total. The molecule has 1 saturated heterocycles. The summed E-state index contributed by atoms with van der Waals surface area (Å²) >= 11 is 0. The van der Waals surface area contributed by atoms with Gasteiger partial charge in [-0.05, 0) is 76.2 Å². The smallest absolute Gasteiger partial charge is 0.336 e. The lowest BCUT2D eigenvalue weighted by Crippen LogP contribution is -2.43. The number of hydrogen-bond donors (Lipinski definition) is 0. The second-order valence-corrected chi connectivity index (χ2v) is 9.23. The van der Waals surface area contributed by atoms with Gasteiger partial charge < -0.3 is 9.64 Å². The molecule has 0 aromatic carbocycles. The highest BCUT2D eigenvalue weighted by molar-refractivity contribution is 5.94. The predicted octanol–water partition coefficient (Wildman–Crippen LogP) is 2.04. The van der Waals surface area contributed by atoms with Gasteiger partial charge in [-0.15, -0.1) is 5.10 Å². The van der Waals surface area contributed by atoms with E-state index < -0.39 is 0 Å². The molecule has 10 heteroatoms. The number of rotatable bonds is 7. The van der Waals surface area contributed by atoms with E-state index in [0.29, 0.717) is 24.0 Å². The average Bonchev–Trinajstić information content (AvgIpc) is 3.52. The molecule has 176 valence electrons. The zero-order chi connectivity index (χ0) is 23.6. The number of aliphatic imine (C=N–C) groups is 1. The lowest BCUT2D eigenvalue weighted by molar-refractivity contribution is -0.138. The second-order valence-electron chi connectivity index (χ2n) is 9.23. The number of allylic oxidation sites excluding steroid dienone is 2. The number of hydrogen-bond acceptors (Lipinski definition) is 8. The molecule has 33 heavy (non-hydrogen) atoms. The van der Waals surface area contributed by atoms with Crippen molar-refractivity contribution in [2.75, 3.05) is 26.7 Å². The maximum atomic E-state index is 13.3. The standard InChI is InChI=1S/C23H31N7O3/c1-16(5-6-20(24-3)30-15-25-26-27-30)13-28(4)18-7-9-23(10-8-18)11-12-29(22(23)32)19-14-33-21(31)17(19)2/h5-6,15,18H,3,7-14H2,1-2,4H3/b16-5+,20-6+. The Balaban J connectivity index is 1.34. The summed E-state index contributed by atoms with van der Waals surface area (Å²) in [4.78, 5) is 33.2. The fourth-order valence-electron chi connectivity index (χ4n) is 5.15. The minimum absolute atomic E-state index is 0.171. The quantitative estimate of drug-likeness (QED) is 0.353. The fraction of sp³-hybridized carbons (Fsp3) is 0.565. The van der Waals surface area contributed by atoms with Crippen molar-refractivity contribution in [2.24, 2.45) is 10.4 Å². The van der Waals surface area contributed by atoms with Gasteiger partial charge in [0.2, 0.25) is 5.91 Å². The number of carbonyl (C=O) groups excluding carboxylic acids is 2. The molecule has 1 aliphatic carbocycles. The van der Waals surface area contributed by atoms with Gasteiger partial charge in [-0.3, -0.25) is 9.69 Å². The summed E-state index contributed by atoms with van der Waals surface area (Å²) in [7, 11) is 2.14. The van der Waals surface area contributed by atoms with E-state index in [2.05, 4.69) is 46.1 Å². The van der Waals surface area contributed by atoms with Crippen molar-refractivity contribution in [3.8, 4) is 0 Å². The third-order valence-corrected chi connectivity index (χ3v) is 7.21. The molecule has 4 rings (SSSR count). The SMILES string of the molecule is C=N/C(=C\C=C(/C)CN(C)C1CCC2(CC1)CCN(C1=C(C)C(=O)OC1)C2=O)n1cnnn1. The molecule has 0 unspecified atom stereocenters. The van der Waals surface area contributed by atoms with Gasteiger partial charge in [0.1, 0.15) is 12.9 Å². The molecule has 10 nitrogen and oxygen atoms in total. The maximum absolute atomic E-state index is 13.3. The zero-order valence-corrected chi connectivity index (χ0v) is 19.5. The molecule has 0 radical (unpaired) electrons. The number of likely N-dealkylation sites (tertiary alicyclic amines) is 1. The number of tetrazole rings is 1. The van der Waals surface area contributed by atoms with E-state index in [4.69, 9.17) is 4.74 Å². The fourth-order valence-corrected chi connectivity index (χ4v) is 5.15. The topological polar surface area (TPSA) is 106 Å². The Kier molecular flexibility index (Phi) is 6.55. The van der Waals surface area contributed by atoms with Crippen LogP contribution in [-0.2, 0) is 14.3 Å². The first-order chi connectivity index (χ1) is 15.8. The maximum Gasteiger partial charge on any atom is 0.336 e. The van der Waals surface area contributed by atoms with E-state index >= 15 is 0 Å². The molecule has 2 aliphatic heterocycles. The number of carbonyl (C=O) groups is 2. The van der Waals surface area contributed by atoms with Crippen molar-refractivity contribution in [1.82, 2.24) is 30.0 Å². The van der Waals surface area contributed by atoms with Gasteiger partial charge in [0, 0.05) is 19.1 Å². The number of amides is 1. The Morgan fingerprint density at radius 3 is 2.70 bits per heavy atom. The van der Waals surface area contributed by atoms with Crippen LogP contribution < -0.4 is 0 Å². The highest BCUT2D eigenvalue weighted by Crippen LogP contribution is 2.47. The Morgan fingerprint density at radius 1 is 1.33 bits per heavy atom. The van der Waals surface area contributed by atoms with E-state index in [-0.39, 0.29) is 23.9 Å². The van der Waals surface area contributed by atoms with Crippen LogP contribution in [0.4, 0.5) is 0 Å². The van der Waals surface area contributed by atoms with E-state index in [0.717, 1.165) is 44.3 Å². The van der Waals surface area contributed by atoms with E-state index in [1.807, 2.05) is 12.2 Å². The summed E-state index contributed by atoms with van der Waals surface area (Å²) in [5.41, 5.74) is 2.22. The molecule has 1 aromatic rings. The molecule has 1 spiro atoms. The normalized spacial score (nSPS) is 26.7. The second kappa shape index (κ2) is 9.38. The molecule has 0 bridgehead atoms. The molecule has 2 fully saturated rings. The minimum atomic E-state index is -0.309. The summed E-state index contributed by atoms with van der Waals surface area (Å²) < 4.78 is 6.59. The predicted molar refractivity (Wildman–Crippen MR) is 123 cm³/mol. The van der Waals surface area contributed by atoms with E-state index in [9.17, 15) is 9.59 Å². The van der Waals surface area contributed by atoms with Gasteiger partial charge in [0.05, 0.1) is 16.7 Å². The third kappa shape index (κ3) is 4.52. The number of likely N-dealkylation sites (N-methyl/N-ethyl adjacent to an activating group) is 1. The van der Waals surface area contributed by atoms with E-state index in [1.54, 1.807) is 11.8 Å². The van der Waals surface area contributed by atoms with Crippen LogP contribution in [0.15, 0.2) is 40.3 Å². The monoisotopic (exact) mass is 453 g/mol. The lowest BCUT2D eigenvalue weighted by Gasteiger charge is -2.39. The first kappa shape index (κ1) is 23.0.